The van der Waals surface area contributed by atoms with Gasteiger partial charge < -0.3 is 4.74 Å². The monoisotopic (exact) mass is 338 g/mol. The zero-order chi connectivity index (χ0) is 16.8. The third-order valence-electron chi connectivity index (χ3n) is 3.45. The minimum atomic E-state index is 0.264. The molecule has 0 saturated heterocycles. The SMILES string of the molecule is O=CN(c1cccc(OCc2ccccc2)c1)c1cccnc1Cl. The number of pyridine rings is 1. The van der Waals surface area contributed by atoms with E-state index in [1.807, 2.05) is 48.5 Å². The first kappa shape index (κ1) is 16.0. The van der Waals surface area contributed by atoms with Gasteiger partial charge in [0, 0.05) is 12.3 Å². The highest BCUT2D eigenvalue weighted by atomic mass is 35.5. The number of aromatic nitrogens is 1. The van der Waals surface area contributed by atoms with E-state index in [0.717, 1.165) is 5.56 Å². The predicted molar refractivity (Wildman–Crippen MR) is 94.7 cm³/mol. The van der Waals surface area contributed by atoms with Crippen LogP contribution in [0.5, 0.6) is 5.75 Å². The molecule has 0 N–H and O–H groups in total. The number of hydrogen-bond acceptors (Lipinski definition) is 3. The second-order valence-corrected chi connectivity index (χ2v) is 5.42. The molecular formula is C19H15ClN2O2. The van der Waals surface area contributed by atoms with Crippen molar-refractivity contribution in [3.8, 4) is 5.75 Å². The van der Waals surface area contributed by atoms with E-state index in [0.29, 0.717) is 30.1 Å². The minimum Gasteiger partial charge on any atom is -0.489 e. The van der Waals surface area contributed by atoms with Crippen molar-refractivity contribution in [3.05, 3.63) is 83.6 Å². The molecule has 0 fully saturated rings. The van der Waals surface area contributed by atoms with Gasteiger partial charge in [-0.15, -0.1) is 0 Å². The van der Waals surface area contributed by atoms with Crippen molar-refractivity contribution in [1.29, 1.82) is 0 Å². The van der Waals surface area contributed by atoms with Crippen molar-refractivity contribution in [2.75, 3.05) is 4.90 Å². The van der Waals surface area contributed by atoms with Crippen molar-refractivity contribution < 1.29 is 9.53 Å². The Morgan fingerprint density at radius 3 is 2.62 bits per heavy atom. The Labute approximate surface area is 145 Å². The number of benzene rings is 2. The molecular weight excluding hydrogens is 324 g/mol. The lowest BCUT2D eigenvalue weighted by Gasteiger charge is -2.19. The number of anilines is 2. The van der Waals surface area contributed by atoms with Crippen LogP contribution in [0, 0.1) is 0 Å². The maximum absolute atomic E-state index is 11.5. The lowest BCUT2D eigenvalue weighted by Crippen LogP contribution is -2.14. The first-order chi connectivity index (χ1) is 11.8. The molecule has 0 atom stereocenters. The summed E-state index contributed by atoms with van der Waals surface area (Å²) in [5.41, 5.74) is 2.25. The van der Waals surface area contributed by atoms with Crippen molar-refractivity contribution in [1.82, 2.24) is 4.98 Å². The average Bonchev–Trinajstić information content (AvgIpc) is 2.63. The van der Waals surface area contributed by atoms with Crippen LogP contribution in [0.3, 0.4) is 0 Å². The summed E-state index contributed by atoms with van der Waals surface area (Å²) in [7, 11) is 0. The highest BCUT2D eigenvalue weighted by Gasteiger charge is 2.13. The van der Waals surface area contributed by atoms with Crippen LogP contribution in [0.2, 0.25) is 5.15 Å². The van der Waals surface area contributed by atoms with Crippen LogP contribution in [-0.2, 0) is 11.4 Å². The van der Waals surface area contributed by atoms with Gasteiger partial charge in [0.25, 0.3) is 0 Å². The fourth-order valence-electron chi connectivity index (χ4n) is 2.28. The highest BCUT2D eigenvalue weighted by Crippen LogP contribution is 2.31. The Hall–Kier alpha value is -2.85. The second kappa shape index (κ2) is 7.62. The van der Waals surface area contributed by atoms with Crippen molar-refractivity contribution in [2.24, 2.45) is 0 Å². The number of amides is 1. The Morgan fingerprint density at radius 1 is 1.04 bits per heavy atom. The van der Waals surface area contributed by atoms with Gasteiger partial charge in [0.1, 0.15) is 12.4 Å². The molecule has 1 aromatic heterocycles. The quantitative estimate of drug-likeness (QED) is 0.487. The molecule has 0 saturated carbocycles. The molecule has 0 aliphatic heterocycles. The summed E-state index contributed by atoms with van der Waals surface area (Å²) in [6.07, 6.45) is 2.29. The molecule has 0 unspecified atom stereocenters. The van der Waals surface area contributed by atoms with E-state index >= 15 is 0 Å². The third kappa shape index (κ3) is 3.73. The largest absolute Gasteiger partial charge is 0.489 e. The number of halogens is 1. The third-order valence-corrected chi connectivity index (χ3v) is 3.74. The Bertz CT molecular complexity index is 824. The van der Waals surface area contributed by atoms with Crippen LogP contribution in [0.1, 0.15) is 5.56 Å². The summed E-state index contributed by atoms with van der Waals surface area (Å²) >= 11 is 6.09. The van der Waals surface area contributed by atoms with Crippen molar-refractivity contribution >= 4 is 29.4 Å². The lowest BCUT2D eigenvalue weighted by molar-refractivity contribution is -0.106. The van der Waals surface area contributed by atoms with E-state index in [9.17, 15) is 4.79 Å². The van der Waals surface area contributed by atoms with E-state index in [2.05, 4.69) is 4.98 Å². The number of rotatable bonds is 6. The number of nitrogens with zero attached hydrogens (tertiary/aromatic N) is 2. The Kier molecular flexibility index (Phi) is 5.08. The van der Waals surface area contributed by atoms with Crippen molar-refractivity contribution in [3.63, 3.8) is 0 Å². The van der Waals surface area contributed by atoms with E-state index in [1.165, 1.54) is 4.90 Å². The van der Waals surface area contributed by atoms with E-state index in [1.54, 1.807) is 24.4 Å². The lowest BCUT2D eigenvalue weighted by atomic mass is 10.2. The van der Waals surface area contributed by atoms with Gasteiger partial charge in [-0.3, -0.25) is 9.69 Å². The Balaban J connectivity index is 1.81. The summed E-state index contributed by atoms with van der Waals surface area (Å²) in [6.45, 7) is 0.457. The summed E-state index contributed by atoms with van der Waals surface area (Å²) in [5, 5.41) is 0.264. The molecule has 5 heteroatoms. The molecule has 0 radical (unpaired) electrons. The van der Waals surface area contributed by atoms with Gasteiger partial charge in [0.2, 0.25) is 6.41 Å². The van der Waals surface area contributed by atoms with Gasteiger partial charge in [-0.1, -0.05) is 48.0 Å². The molecule has 24 heavy (non-hydrogen) atoms. The fraction of sp³-hybridized carbons (Fsp3) is 0.0526. The first-order valence-corrected chi connectivity index (χ1v) is 7.77. The van der Waals surface area contributed by atoms with Gasteiger partial charge >= 0.3 is 0 Å². The van der Waals surface area contributed by atoms with Crippen LogP contribution in [0.4, 0.5) is 11.4 Å². The van der Waals surface area contributed by atoms with Crippen LogP contribution >= 0.6 is 11.6 Å². The van der Waals surface area contributed by atoms with Crippen LogP contribution in [-0.4, -0.2) is 11.4 Å². The molecule has 2 aromatic carbocycles. The number of carbonyl (C=O) groups is 1. The molecule has 4 nitrogen and oxygen atoms in total. The summed E-state index contributed by atoms with van der Waals surface area (Å²) in [6, 6.07) is 20.6. The number of ether oxygens (including phenoxy) is 1. The molecule has 3 rings (SSSR count). The van der Waals surface area contributed by atoms with E-state index in [-0.39, 0.29) is 5.15 Å². The molecule has 120 valence electrons. The summed E-state index contributed by atoms with van der Waals surface area (Å²) in [5.74, 6) is 0.670. The molecule has 0 bridgehead atoms. The van der Waals surface area contributed by atoms with E-state index in [4.69, 9.17) is 16.3 Å². The first-order valence-electron chi connectivity index (χ1n) is 7.40. The standard InChI is InChI=1S/C19H15ClN2O2/c20-19-18(10-5-11-21-19)22(14-23)16-8-4-9-17(12-16)24-13-15-6-2-1-3-7-15/h1-12,14H,13H2. The minimum absolute atomic E-state index is 0.264. The van der Waals surface area contributed by atoms with E-state index < -0.39 is 0 Å². The maximum Gasteiger partial charge on any atom is 0.218 e. The topological polar surface area (TPSA) is 42.4 Å². The highest BCUT2D eigenvalue weighted by molar-refractivity contribution is 6.32. The molecule has 0 aliphatic rings. The number of carbonyl (C=O) groups excluding carboxylic acids is 1. The van der Waals surface area contributed by atoms with Gasteiger partial charge in [-0.25, -0.2) is 4.98 Å². The van der Waals surface area contributed by atoms with Gasteiger partial charge in [-0.05, 0) is 29.8 Å². The van der Waals surface area contributed by atoms with Gasteiger partial charge in [0.05, 0.1) is 11.4 Å². The summed E-state index contributed by atoms with van der Waals surface area (Å²) < 4.78 is 5.80. The molecule has 3 aromatic rings. The Morgan fingerprint density at radius 2 is 1.88 bits per heavy atom. The molecule has 1 heterocycles. The fourth-order valence-corrected chi connectivity index (χ4v) is 2.49. The van der Waals surface area contributed by atoms with Gasteiger partial charge in [0.15, 0.2) is 5.15 Å². The average molecular weight is 339 g/mol. The molecule has 0 spiro atoms. The van der Waals surface area contributed by atoms with Crippen molar-refractivity contribution in [2.45, 2.75) is 6.61 Å². The summed E-state index contributed by atoms with van der Waals surface area (Å²) in [4.78, 5) is 17.0. The zero-order valence-corrected chi connectivity index (χ0v) is 13.6. The van der Waals surface area contributed by atoms with Crippen LogP contribution in [0.15, 0.2) is 72.9 Å². The van der Waals surface area contributed by atoms with Crippen LogP contribution in [0.25, 0.3) is 0 Å². The van der Waals surface area contributed by atoms with Crippen LogP contribution < -0.4 is 9.64 Å². The zero-order valence-electron chi connectivity index (χ0n) is 12.8. The predicted octanol–water partition coefficient (Wildman–Crippen LogP) is 4.61. The van der Waals surface area contributed by atoms with Gasteiger partial charge in [-0.2, -0.15) is 0 Å². The second-order valence-electron chi connectivity index (χ2n) is 5.06. The smallest absolute Gasteiger partial charge is 0.218 e. The molecule has 0 aliphatic carbocycles. The maximum atomic E-state index is 11.5. The normalized spacial score (nSPS) is 10.2. The molecule has 1 amide bonds. The number of hydrogen-bond donors (Lipinski definition) is 0.